The number of nitro benzene ring substituents is 1. The van der Waals surface area contributed by atoms with Crippen LogP contribution in [-0.2, 0) is 13.0 Å². The topological polar surface area (TPSA) is 108 Å². The summed E-state index contributed by atoms with van der Waals surface area (Å²) in [5.41, 5.74) is 2.72. The zero-order valence-corrected chi connectivity index (χ0v) is 16.0. The van der Waals surface area contributed by atoms with Crippen LogP contribution in [0.15, 0.2) is 59.1 Å². The van der Waals surface area contributed by atoms with E-state index in [2.05, 4.69) is 16.7 Å². The highest BCUT2D eigenvalue weighted by Gasteiger charge is 2.12. The molecular formula is C21H19N3O5. The molecule has 8 nitrogen and oxygen atoms in total. The highest BCUT2D eigenvalue weighted by atomic mass is 16.6. The van der Waals surface area contributed by atoms with Crippen molar-refractivity contribution in [3.05, 3.63) is 93.1 Å². The first kappa shape index (κ1) is 19.9. The Balaban J connectivity index is 1.60. The van der Waals surface area contributed by atoms with Crippen LogP contribution in [0.2, 0.25) is 0 Å². The fourth-order valence-corrected chi connectivity index (χ4v) is 2.69. The molecule has 0 bridgehead atoms. The quantitative estimate of drug-likeness (QED) is 0.244. The van der Waals surface area contributed by atoms with Crippen LogP contribution >= 0.6 is 0 Å². The molecule has 3 aromatic rings. The molecule has 148 valence electrons. The van der Waals surface area contributed by atoms with Gasteiger partial charge in [0.15, 0.2) is 18.2 Å². The lowest BCUT2D eigenvalue weighted by Gasteiger charge is -2.08. The summed E-state index contributed by atoms with van der Waals surface area (Å²) in [5, 5.41) is 14.6. The minimum absolute atomic E-state index is 0.0298. The summed E-state index contributed by atoms with van der Waals surface area (Å²) in [6.07, 6.45) is 0.387. The van der Waals surface area contributed by atoms with E-state index in [1.165, 1.54) is 12.1 Å². The highest BCUT2D eigenvalue weighted by molar-refractivity contribution is 6.08. The lowest BCUT2D eigenvalue weighted by Crippen LogP contribution is -2.03. The number of aryl methyl sites for hydroxylation is 1. The number of nitrogens with zero attached hydrogens (tertiary/aromatic N) is 3. The molecule has 0 atom stereocenters. The van der Waals surface area contributed by atoms with Crippen molar-refractivity contribution in [2.24, 2.45) is 0 Å². The Hall–Kier alpha value is -3.81. The van der Waals surface area contributed by atoms with E-state index in [-0.39, 0.29) is 18.1 Å². The molecule has 2 aromatic carbocycles. The number of nitro groups is 1. The number of ether oxygens (including phenoxy) is 1. The predicted octanol–water partition coefficient (Wildman–Crippen LogP) is 4.21. The van der Waals surface area contributed by atoms with Crippen molar-refractivity contribution in [3.8, 4) is 5.75 Å². The normalized spacial score (nSPS) is 10.6. The molecule has 0 aliphatic carbocycles. The summed E-state index contributed by atoms with van der Waals surface area (Å²) < 4.78 is 10.9. The van der Waals surface area contributed by atoms with Gasteiger partial charge in [0.25, 0.3) is 11.6 Å². The molecule has 0 unspecified atom stereocenters. The second-order valence-corrected chi connectivity index (χ2v) is 6.58. The summed E-state index contributed by atoms with van der Waals surface area (Å²) in [7, 11) is 0. The van der Waals surface area contributed by atoms with Crippen LogP contribution < -0.4 is 4.74 Å². The second-order valence-electron chi connectivity index (χ2n) is 6.58. The minimum atomic E-state index is -0.448. The monoisotopic (exact) mass is 393 g/mol. The molecule has 0 saturated carbocycles. The summed E-state index contributed by atoms with van der Waals surface area (Å²) in [4.78, 5) is 26.6. The van der Waals surface area contributed by atoms with Gasteiger partial charge in [-0.25, -0.2) is 0 Å². The van der Waals surface area contributed by atoms with Crippen LogP contribution in [0.1, 0.15) is 40.1 Å². The lowest BCUT2D eigenvalue weighted by atomic mass is 10.0. The van der Waals surface area contributed by atoms with Crippen molar-refractivity contribution >= 4 is 11.5 Å². The van der Waals surface area contributed by atoms with Crippen molar-refractivity contribution in [2.75, 3.05) is 0 Å². The number of allylic oxidation sites excluding steroid dienone is 1. The first-order chi connectivity index (χ1) is 13.8. The van der Waals surface area contributed by atoms with E-state index in [0.29, 0.717) is 35.0 Å². The number of ketones is 1. The molecule has 0 radical (unpaired) electrons. The van der Waals surface area contributed by atoms with Crippen LogP contribution in [0.4, 0.5) is 5.69 Å². The van der Waals surface area contributed by atoms with Gasteiger partial charge in [-0.2, -0.15) is 4.98 Å². The van der Waals surface area contributed by atoms with E-state index in [9.17, 15) is 14.9 Å². The van der Waals surface area contributed by atoms with E-state index >= 15 is 0 Å². The van der Waals surface area contributed by atoms with Gasteiger partial charge in [0.2, 0.25) is 0 Å². The Morgan fingerprint density at radius 1 is 1.24 bits per heavy atom. The third-order valence-electron chi connectivity index (χ3n) is 4.21. The van der Waals surface area contributed by atoms with Crippen molar-refractivity contribution in [1.29, 1.82) is 0 Å². The Morgan fingerprint density at radius 2 is 1.97 bits per heavy atom. The van der Waals surface area contributed by atoms with Gasteiger partial charge in [0.05, 0.1) is 4.92 Å². The number of hydrogen-bond donors (Lipinski definition) is 0. The number of Topliss-reactive ketones (excluding diaryl/α,β-unsaturated/α-hetero) is 1. The zero-order valence-electron chi connectivity index (χ0n) is 16.0. The minimum Gasteiger partial charge on any atom is -0.484 e. The maximum atomic E-state index is 12.1. The third kappa shape index (κ3) is 4.92. The van der Waals surface area contributed by atoms with Crippen molar-refractivity contribution < 1.29 is 19.0 Å². The number of benzene rings is 2. The van der Waals surface area contributed by atoms with E-state index in [1.807, 2.05) is 6.92 Å². The number of carbonyl (C=O) groups is 1. The molecule has 3 rings (SSSR count). The largest absolute Gasteiger partial charge is 0.484 e. The van der Waals surface area contributed by atoms with E-state index in [0.717, 1.165) is 11.1 Å². The van der Waals surface area contributed by atoms with Gasteiger partial charge >= 0.3 is 0 Å². The van der Waals surface area contributed by atoms with Gasteiger partial charge in [-0.05, 0) is 48.7 Å². The Morgan fingerprint density at radius 3 is 2.59 bits per heavy atom. The van der Waals surface area contributed by atoms with Gasteiger partial charge in [-0.15, -0.1) is 0 Å². The average Bonchev–Trinajstić information content (AvgIpc) is 3.13. The van der Waals surface area contributed by atoms with Crippen LogP contribution in [0.3, 0.4) is 0 Å². The summed E-state index contributed by atoms with van der Waals surface area (Å²) in [5.74, 6) is 1.25. The molecule has 0 fully saturated rings. The first-order valence-electron chi connectivity index (χ1n) is 8.82. The Kier molecular flexibility index (Phi) is 5.82. The zero-order chi connectivity index (χ0) is 21.0. The molecule has 0 aliphatic rings. The number of non-ortho nitro benzene ring substituents is 1. The molecule has 0 aliphatic heterocycles. The molecule has 0 spiro atoms. The number of hydrogen-bond acceptors (Lipinski definition) is 7. The van der Waals surface area contributed by atoms with E-state index in [4.69, 9.17) is 9.26 Å². The van der Waals surface area contributed by atoms with Crippen LogP contribution in [0.5, 0.6) is 5.75 Å². The van der Waals surface area contributed by atoms with Crippen LogP contribution in [-0.4, -0.2) is 20.8 Å². The van der Waals surface area contributed by atoms with Gasteiger partial charge in [-0.3, -0.25) is 14.9 Å². The maximum Gasteiger partial charge on any atom is 0.269 e. The third-order valence-corrected chi connectivity index (χ3v) is 4.21. The fraction of sp³-hybridized carbons (Fsp3) is 0.190. The molecule has 0 N–H and O–H groups in total. The summed E-state index contributed by atoms with van der Waals surface area (Å²) >= 11 is 0. The van der Waals surface area contributed by atoms with E-state index < -0.39 is 4.92 Å². The molecule has 0 amide bonds. The second kappa shape index (κ2) is 8.47. The lowest BCUT2D eigenvalue weighted by molar-refractivity contribution is -0.384. The Bertz CT molecular complexity index is 1070. The maximum absolute atomic E-state index is 12.1. The van der Waals surface area contributed by atoms with E-state index in [1.54, 1.807) is 37.3 Å². The Labute approximate surface area is 167 Å². The van der Waals surface area contributed by atoms with Gasteiger partial charge in [-0.1, -0.05) is 23.9 Å². The van der Waals surface area contributed by atoms with Crippen molar-refractivity contribution in [3.63, 3.8) is 0 Å². The molecular weight excluding hydrogens is 374 g/mol. The predicted molar refractivity (Wildman–Crippen MR) is 105 cm³/mol. The van der Waals surface area contributed by atoms with Crippen molar-refractivity contribution in [1.82, 2.24) is 10.1 Å². The standard InChI is InChI=1S/C21H19N3O5/c1-13(2)21(25)18-9-8-17(10-14(18)3)28-12-20-22-19(23-29-20)11-15-4-6-16(7-5-15)24(26)27/h4-10H,1,11-12H2,2-3H3. The first-order valence-corrected chi connectivity index (χ1v) is 8.82. The SMILES string of the molecule is C=C(C)C(=O)c1ccc(OCc2nc(Cc3ccc([N+](=O)[O-])cc3)no2)cc1C. The average molecular weight is 393 g/mol. The number of rotatable bonds is 8. The fourth-order valence-electron chi connectivity index (χ4n) is 2.69. The van der Waals surface area contributed by atoms with Crippen LogP contribution in [0, 0.1) is 17.0 Å². The highest BCUT2D eigenvalue weighted by Crippen LogP contribution is 2.20. The molecule has 1 heterocycles. The number of aromatic nitrogens is 2. The van der Waals surface area contributed by atoms with Gasteiger partial charge < -0.3 is 9.26 Å². The molecule has 29 heavy (non-hydrogen) atoms. The van der Waals surface area contributed by atoms with Gasteiger partial charge in [0.1, 0.15) is 5.75 Å². The molecule has 0 saturated heterocycles. The number of carbonyl (C=O) groups excluding carboxylic acids is 1. The van der Waals surface area contributed by atoms with Gasteiger partial charge in [0, 0.05) is 24.1 Å². The van der Waals surface area contributed by atoms with Crippen molar-refractivity contribution in [2.45, 2.75) is 26.9 Å². The van der Waals surface area contributed by atoms with Crippen LogP contribution in [0.25, 0.3) is 0 Å². The molecule has 1 aromatic heterocycles. The molecule has 8 heteroatoms. The smallest absolute Gasteiger partial charge is 0.269 e. The summed E-state index contributed by atoms with van der Waals surface area (Å²) in [6, 6.07) is 11.4. The summed E-state index contributed by atoms with van der Waals surface area (Å²) in [6.45, 7) is 7.27.